The summed E-state index contributed by atoms with van der Waals surface area (Å²) in [5.74, 6) is 0.286. The number of hydrogen-bond donors (Lipinski definition) is 1. The summed E-state index contributed by atoms with van der Waals surface area (Å²) in [6.45, 7) is 16.7. The van der Waals surface area contributed by atoms with Crippen molar-refractivity contribution in [3.8, 4) is 11.3 Å². The van der Waals surface area contributed by atoms with Gasteiger partial charge in [-0.25, -0.2) is 0 Å². The van der Waals surface area contributed by atoms with Crippen molar-refractivity contribution >= 4 is 48.2 Å². The Morgan fingerprint density at radius 1 is 0.886 bits per heavy atom. The van der Waals surface area contributed by atoms with Crippen LogP contribution in [-0.4, -0.2) is 15.9 Å². The number of carbonyl (C=O) groups excluding carboxylic acids is 1. The second-order valence-corrected chi connectivity index (χ2v) is 14.1. The first kappa shape index (κ1) is 34.0. The number of allylic oxidation sites excluding steroid dienone is 2. The Labute approximate surface area is 280 Å². The molecule has 0 atom stereocenters. The third-order valence-corrected chi connectivity index (χ3v) is 11.5. The van der Waals surface area contributed by atoms with E-state index in [1.807, 2.05) is 58.9 Å². The molecule has 1 aliphatic carbocycles. The molecule has 0 fully saturated rings. The van der Waals surface area contributed by atoms with Gasteiger partial charge in [0.1, 0.15) is 5.76 Å². The summed E-state index contributed by atoms with van der Waals surface area (Å²) >= 11 is 1.87. The van der Waals surface area contributed by atoms with Crippen molar-refractivity contribution in [1.82, 2.24) is 4.98 Å². The van der Waals surface area contributed by atoms with Crippen molar-refractivity contribution in [1.29, 1.82) is 0 Å². The van der Waals surface area contributed by atoms with Crippen LogP contribution in [-0.2, 0) is 30.3 Å². The number of ketones is 1. The third-order valence-electron chi connectivity index (χ3n) is 10.4. The van der Waals surface area contributed by atoms with Crippen LogP contribution in [0.1, 0.15) is 92.2 Å². The number of para-hydroxylation sites is 1. The summed E-state index contributed by atoms with van der Waals surface area (Å²) in [5.41, 5.74) is 5.22. The number of aliphatic hydroxyl groups excluding tert-OH is 1. The van der Waals surface area contributed by atoms with Crippen molar-refractivity contribution in [3.05, 3.63) is 89.7 Å². The van der Waals surface area contributed by atoms with Crippen molar-refractivity contribution in [3.63, 3.8) is 0 Å². The molecular formula is C39H44IrNO2S-. The van der Waals surface area contributed by atoms with Crippen LogP contribution in [0.4, 0.5) is 0 Å². The summed E-state index contributed by atoms with van der Waals surface area (Å²) in [6, 6.07) is 25.2. The zero-order valence-electron chi connectivity index (χ0n) is 27.2. The van der Waals surface area contributed by atoms with Gasteiger partial charge in [-0.2, -0.15) is 11.3 Å². The van der Waals surface area contributed by atoms with Gasteiger partial charge in [0.2, 0.25) is 0 Å². The molecule has 44 heavy (non-hydrogen) atoms. The minimum absolute atomic E-state index is 0. The Morgan fingerprint density at radius 2 is 1.52 bits per heavy atom. The molecule has 6 rings (SSSR count). The van der Waals surface area contributed by atoms with Crippen molar-refractivity contribution in [2.45, 2.75) is 86.5 Å². The molecule has 0 saturated carbocycles. The normalized spacial score (nSPS) is 14.1. The summed E-state index contributed by atoms with van der Waals surface area (Å²) in [4.78, 5) is 17.3. The monoisotopic (exact) mass is 783 g/mol. The third kappa shape index (κ3) is 5.68. The maximum atomic E-state index is 12.2. The minimum Gasteiger partial charge on any atom is -0.512 e. The number of nitrogens with zero attached hydrogens (tertiary/aromatic N) is 1. The molecule has 3 aromatic carbocycles. The summed E-state index contributed by atoms with van der Waals surface area (Å²) in [5, 5.41) is 14.0. The molecule has 0 spiro atoms. The van der Waals surface area contributed by atoms with Gasteiger partial charge in [0.05, 0.1) is 5.52 Å². The van der Waals surface area contributed by atoms with E-state index in [4.69, 9.17) is 4.98 Å². The fraction of sp³-hybridized carbons (Fsp3) is 0.385. The Bertz CT molecular complexity index is 1860. The predicted molar refractivity (Wildman–Crippen MR) is 184 cm³/mol. The standard InChI is InChI=1S/C24H16NS.C15H28O2.Ir/c1-24(2)16-9-6-12-20-22(16)21-15(8-5-11-19(21)26-20)23-17(24)13-14-7-3-4-10-18(14)25-23;1-7-14(5,8-2)12(16)11-13(17)15(6,9-3)10-4;/h3-7,9-13H,1-2H3;11,16H,7-10H2,1-6H3;/q-1;;/b;12-11-;. The number of pyridine rings is 1. The molecular weight excluding hydrogens is 739 g/mol. The fourth-order valence-corrected chi connectivity index (χ4v) is 7.26. The van der Waals surface area contributed by atoms with E-state index in [-0.39, 0.29) is 47.9 Å². The molecule has 5 heteroatoms. The van der Waals surface area contributed by atoms with Gasteiger partial charge in [-0.05, 0) is 64.5 Å². The number of benzene rings is 3. The maximum absolute atomic E-state index is 12.2. The van der Waals surface area contributed by atoms with Crippen LogP contribution in [0.3, 0.4) is 0 Å². The van der Waals surface area contributed by atoms with Gasteiger partial charge in [0, 0.05) is 47.1 Å². The number of hydrogen-bond acceptors (Lipinski definition) is 4. The molecule has 1 N–H and O–H groups in total. The molecule has 0 aliphatic heterocycles. The molecule has 2 aromatic heterocycles. The first-order valence-electron chi connectivity index (χ1n) is 15.7. The minimum atomic E-state index is -0.337. The Kier molecular flexibility index (Phi) is 9.95. The molecule has 0 unspecified atom stereocenters. The first-order chi connectivity index (χ1) is 20.4. The zero-order chi connectivity index (χ0) is 31.2. The van der Waals surface area contributed by atoms with Crippen LogP contribution in [0.25, 0.3) is 42.3 Å². The Hall–Kier alpha value is -2.85. The van der Waals surface area contributed by atoms with Gasteiger partial charge >= 0.3 is 0 Å². The number of fused-ring (bicyclic) bond motifs is 3. The number of aliphatic hydroxyl groups is 1. The summed E-state index contributed by atoms with van der Waals surface area (Å²) in [6.07, 6.45) is 4.75. The summed E-state index contributed by atoms with van der Waals surface area (Å²) in [7, 11) is 0. The molecule has 0 saturated heterocycles. The van der Waals surface area contributed by atoms with E-state index in [1.54, 1.807) is 0 Å². The van der Waals surface area contributed by atoms with Crippen LogP contribution >= 0.6 is 11.3 Å². The van der Waals surface area contributed by atoms with Crippen molar-refractivity contribution in [2.75, 3.05) is 0 Å². The van der Waals surface area contributed by atoms with Gasteiger partial charge in [-0.15, -0.1) is 23.8 Å². The SMILES string of the molecule is CC1(C)c2cc3ccccc3nc2-c2[c-]ccc3sc4cccc1c4c23.CCC(C)(CC)C(=O)/C=C(\O)C(C)(CC)CC.[Ir]. The Morgan fingerprint density at radius 3 is 2.18 bits per heavy atom. The Balaban J connectivity index is 0.000000218. The van der Waals surface area contributed by atoms with E-state index in [0.29, 0.717) is 0 Å². The molecule has 233 valence electrons. The van der Waals surface area contributed by atoms with Crippen molar-refractivity contribution < 1.29 is 30.0 Å². The molecule has 1 radical (unpaired) electrons. The quantitative estimate of drug-likeness (QED) is 0.102. The average Bonchev–Trinajstić information content (AvgIpc) is 3.39. The molecule has 1 aliphatic rings. The van der Waals surface area contributed by atoms with Gasteiger partial charge in [0.15, 0.2) is 5.78 Å². The average molecular weight is 783 g/mol. The smallest absolute Gasteiger partial charge is 0.164 e. The molecule has 3 nitrogen and oxygen atoms in total. The zero-order valence-corrected chi connectivity index (χ0v) is 30.4. The largest absolute Gasteiger partial charge is 0.512 e. The molecule has 0 amide bonds. The first-order valence-corrected chi connectivity index (χ1v) is 16.5. The topological polar surface area (TPSA) is 50.2 Å². The van der Waals surface area contributed by atoms with E-state index in [0.717, 1.165) is 42.5 Å². The van der Waals surface area contributed by atoms with Crippen LogP contribution in [0.5, 0.6) is 0 Å². The molecule has 0 bridgehead atoms. The maximum Gasteiger partial charge on any atom is 0.164 e. The van der Waals surface area contributed by atoms with E-state index < -0.39 is 0 Å². The molecule has 5 aromatic rings. The van der Waals surface area contributed by atoms with Gasteiger partial charge in [-0.1, -0.05) is 103 Å². The number of aromatic nitrogens is 1. The van der Waals surface area contributed by atoms with E-state index in [9.17, 15) is 9.90 Å². The van der Waals surface area contributed by atoms with Crippen LogP contribution < -0.4 is 0 Å². The van der Waals surface area contributed by atoms with Crippen LogP contribution in [0, 0.1) is 16.9 Å². The second-order valence-electron chi connectivity index (χ2n) is 13.0. The van der Waals surface area contributed by atoms with Crippen molar-refractivity contribution in [2.24, 2.45) is 10.8 Å². The van der Waals surface area contributed by atoms with E-state index >= 15 is 0 Å². The van der Waals surface area contributed by atoms with Crippen LogP contribution in [0.2, 0.25) is 0 Å². The number of rotatable bonds is 7. The fourth-order valence-electron chi connectivity index (χ4n) is 6.12. The van der Waals surface area contributed by atoms with E-state index in [2.05, 4.69) is 74.5 Å². The van der Waals surface area contributed by atoms with Gasteiger partial charge in [0.25, 0.3) is 0 Å². The number of carbonyl (C=O) groups is 1. The van der Waals surface area contributed by atoms with E-state index in [1.165, 1.54) is 42.8 Å². The second kappa shape index (κ2) is 12.9. The molecule has 2 heterocycles. The number of thiophene rings is 1. The van der Waals surface area contributed by atoms with Gasteiger partial charge < -0.3 is 5.11 Å². The predicted octanol–water partition coefficient (Wildman–Crippen LogP) is 11.4. The summed E-state index contributed by atoms with van der Waals surface area (Å²) < 4.78 is 2.67. The van der Waals surface area contributed by atoms with Crippen LogP contribution in [0.15, 0.2) is 72.5 Å². The van der Waals surface area contributed by atoms with Gasteiger partial charge in [-0.3, -0.25) is 9.78 Å².